The van der Waals surface area contributed by atoms with Crippen molar-refractivity contribution >= 4 is 21.8 Å². The minimum absolute atomic E-state index is 0.124. The van der Waals surface area contributed by atoms with Crippen LogP contribution in [-0.4, -0.2) is 48.0 Å². The van der Waals surface area contributed by atoms with Crippen molar-refractivity contribution in [2.45, 2.75) is 22.6 Å². The van der Waals surface area contributed by atoms with Crippen molar-refractivity contribution in [3.8, 4) is 0 Å². The number of rotatable bonds is 7. The fourth-order valence-corrected chi connectivity index (χ4v) is 5.11. The molecule has 5 nitrogen and oxygen atoms in total. The fraction of sp³-hybridized carbons (Fsp3) is 0.600. The average molecular weight is 345 g/mol. The zero-order valence-electron chi connectivity index (χ0n) is 13.1. The lowest BCUT2D eigenvalue weighted by Crippen LogP contribution is -2.47. The van der Waals surface area contributed by atoms with Crippen molar-refractivity contribution in [1.29, 1.82) is 0 Å². The molecule has 0 saturated carbocycles. The molecular weight excluding hydrogens is 320 g/mol. The highest BCUT2D eigenvalue weighted by Gasteiger charge is 2.33. The van der Waals surface area contributed by atoms with E-state index in [-0.39, 0.29) is 5.41 Å². The highest BCUT2D eigenvalue weighted by molar-refractivity contribution is 7.99. The first kappa shape index (κ1) is 17.7. The average Bonchev–Trinajstić information content (AvgIpc) is 2.54. The van der Waals surface area contributed by atoms with Gasteiger partial charge in [-0.25, -0.2) is 13.1 Å². The van der Waals surface area contributed by atoms with E-state index in [0.717, 1.165) is 30.8 Å². The second-order valence-electron chi connectivity index (χ2n) is 5.66. The molecule has 1 heterocycles. The first-order valence-corrected chi connectivity index (χ1v) is 10.1. The van der Waals surface area contributed by atoms with Gasteiger partial charge < -0.3 is 10.1 Å². The van der Waals surface area contributed by atoms with Gasteiger partial charge in [0.1, 0.15) is 0 Å². The third-order valence-corrected chi connectivity index (χ3v) is 6.49. The lowest BCUT2D eigenvalue weighted by Gasteiger charge is -2.37. The molecule has 2 rings (SSSR count). The Kier molecular flexibility index (Phi) is 6.28. The number of hydrogen-bond donors (Lipinski definition) is 2. The summed E-state index contributed by atoms with van der Waals surface area (Å²) in [4.78, 5) is 1.12. The number of nitrogens with one attached hydrogen (secondary N) is 2. The summed E-state index contributed by atoms with van der Waals surface area (Å²) in [5.74, 6) is 0. The van der Waals surface area contributed by atoms with Crippen LogP contribution >= 0.6 is 11.8 Å². The zero-order valence-corrected chi connectivity index (χ0v) is 14.7. The number of thioether (sulfide) groups is 1. The molecule has 1 fully saturated rings. The number of ether oxygens (including phenoxy) is 1. The minimum atomic E-state index is -3.51. The predicted molar refractivity (Wildman–Crippen MR) is 89.8 cm³/mol. The number of benzene rings is 1. The van der Waals surface area contributed by atoms with Crippen LogP contribution in [0.3, 0.4) is 0 Å². The highest BCUT2D eigenvalue weighted by atomic mass is 32.2. The summed E-state index contributed by atoms with van der Waals surface area (Å²) < 4.78 is 33.4. The first-order valence-electron chi connectivity index (χ1n) is 7.35. The molecule has 0 amide bonds. The molecule has 0 aliphatic carbocycles. The van der Waals surface area contributed by atoms with Crippen LogP contribution < -0.4 is 10.0 Å². The van der Waals surface area contributed by atoms with Gasteiger partial charge in [-0.2, -0.15) is 0 Å². The molecule has 1 aromatic rings. The maximum absolute atomic E-state index is 12.6. The Morgan fingerprint density at radius 2 is 2.00 bits per heavy atom. The van der Waals surface area contributed by atoms with Gasteiger partial charge in [-0.1, -0.05) is 12.1 Å². The van der Waals surface area contributed by atoms with Gasteiger partial charge in [0.15, 0.2) is 0 Å². The third-order valence-electron chi connectivity index (χ3n) is 4.11. The van der Waals surface area contributed by atoms with Crippen LogP contribution in [0, 0.1) is 5.41 Å². The molecule has 1 aliphatic rings. The standard InChI is InChI=1S/C15H24N2O3S2/c1-20-12-15(7-9-16-10-8-15)11-17-22(18,19)14-6-4-3-5-13(14)21-2/h3-6,16-17H,7-12H2,1-2H3. The number of hydrogen-bond acceptors (Lipinski definition) is 5. The highest BCUT2D eigenvalue weighted by Crippen LogP contribution is 2.30. The van der Waals surface area contributed by atoms with Gasteiger partial charge in [-0.3, -0.25) is 0 Å². The largest absolute Gasteiger partial charge is 0.384 e. The smallest absolute Gasteiger partial charge is 0.241 e. The predicted octanol–water partition coefficient (Wildman–Crippen LogP) is 1.70. The number of sulfonamides is 1. The molecule has 2 N–H and O–H groups in total. The van der Waals surface area contributed by atoms with E-state index in [4.69, 9.17) is 4.74 Å². The first-order chi connectivity index (χ1) is 10.5. The minimum Gasteiger partial charge on any atom is -0.384 e. The van der Waals surface area contributed by atoms with Crippen LogP contribution in [0.4, 0.5) is 0 Å². The Labute approximate surface area is 137 Å². The summed E-state index contributed by atoms with van der Waals surface area (Å²) in [7, 11) is -1.84. The van der Waals surface area contributed by atoms with E-state index in [9.17, 15) is 8.42 Å². The molecule has 1 aromatic carbocycles. The quantitative estimate of drug-likeness (QED) is 0.737. The maximum Gasteiger partial charge on any atom is 0.241 e. The number of piperidine rings is 1. The Hall–Kier alpha value is -0.600. The van der Waals surface area contributed by atoms with Crippen LogP contribution in [0.2, 0.25) is 0 Å². The Balaban J connectivity index is 2.14. The second kappa shape index (κ2) is 7.79. The van der Waals surface area contributed by atoms with Crippen molar-refractivity contribution in [3.05, 3.63) is 24.3 Å². The van der Waals surface area contributed by atoms with Crippen LogP contribution in [0.15, 0.2) is 34.1 Å². The maximum atomic E-state index is 12.6. The summed E-state index contributed by atoms with van der Waals surface area (Å²) in [5, 5.41) is 3.31. The van der Waals surface area contributed by atoms with Crippen LogP contribution in [0.5, 0.6) is 0 Å². The summed E-state index contributed by atoms with van der Waals surface area (Å²) in [6.07, 6.45) is 3.70. The Bertz CT molecular complexity index is 579. The molecule has 124 valence electrons. The number of methoxy groups -OCH3 is 1. The van der Waals surface area contributed by atoms with Crippen molar-refractivity contribution < 1.29 is 13.2 Å². The monoisotopic (exact) mass is 344 g/mol. The Morgan fingerprint density at radius 1 is 1.32 bits per heavy atom. The van der Waals surface area contributed by atoms with E-state index in [1.54, 1.807) is 19.2 Å². The van der Waals surface area contributed by atoms with Gasteiger partial charge in [0.2, 0.25) is 10.0 Å². The molecular formula is C15H24N2O3S2. The van der Waals surface area contributed by atoms with Crippen LogP contribution in [0.25, 0.3) is 0 Å². The van der Waals surface area contributed by atoms with Gasteiger partial charge >= 0.3 is 0 Å². The Morgan fingerprint density at radius 3 is 2.64 bits per heavy atom. The molecule has 0 radical (unpaired) electrons. The van der Waals surface area contributed by atoms with E-state index >= 15 is 0 Å². The summed E-state index contributed by atoms with van der Waals surface area (Å²) in [6, 6.07) is 7.09. The molecule has 0 atom stereocenters. The molecule has 1 saturated heterocycles. The van der Waals surface area contributed by atoms with E-state index in [0.29, 0.717) is 18.0 Å². The second-order valence-corrected chi connectivity index (χ2v) is 8.24. The van der Waals surface area contributed by atoms with Gasteiger partial charge in [0.25, 0.3) is 0 Å². The zero-order chi connectivity index (χ0) is 16.1. The molecule has 22 heavy (non-hydrogen) atoms. The van der Waals surface area contributed by atoms with E-state index < -0.39 is 10.0 Å². The van der Waals surface area contributed by atoms with E-state index in [2.05, 4.69) is 10.0 Å². The fourth-order valence-electron chi connectivity index (χ4n) is 2.80. The van der Waals surface area contributed by atoms with Crippen LogP contribution in [-0.2, 0) is 14.8 Å². The van der Waals surface area contributed by atoms with E-state index in [1.807, 2.05) is 18.4 Å². The molecule has 0 aromatic heterocycles. The SMILES string of the molecule is COCC1(CNS(=O)(=O)c2ccccc2SC)CCNCC1. The van der Waals surface area contributed by atoms with Crippen molar-refractivity contribution in [3.63, 3.8) is 0 Å². The van der Waals surface area contributed by atoms with Crippen molar-refractivity contribution in [1.82, 2.24) is 10.0 Å². The van der Waals surface area contributed by atoms with Crippen molar-refractivity contribution in [2.24, 2.45) is 5.41 Å². The molecule has 0 spiro atoms. The van der Waals surface area contributed by atoms with Gasteiger partial charge in [0, 0.05) is 24.0 Å². The van der Waals surface area contributed by atoms with Crippen LogP contribution in [0.1, 0.15) is 12.8 Å². The topological polar surface area (TPSA) is 67.4 Å². The van der Waals surface area contributed by atoms with Gasteiger partial charge in [-0.15, -0.1) is 11.8 Å². The van der Waals surface area contributed by atoms with E-state index in [1.165, 1.54) is 11.8 Å². The summed E-state index contributed by atoms with van der Waals surface area (Å²) >= 11 is 1.44. The van der Waals surface area contributed by atoms with Gasteiger partial charge in [0.05, 0.1) is 11.5 Å². The van der Waals surface area contributed by atoms with Crippen molar-refractivity contribution in [2.75, 3.05) is 39.6 Å². The molecule has 0 unspecified atom stereocenters. The molecule has 0 bridgehead atoms. The third kappa shape index (κ3) is 4.23. The molecule has 7 heteroatoms. The lowest BCUT2D eigenvalue weighted by molar-refractivity contribution is 0.0577. The lowest BCUT2D eigenvalue weighted by atomic mass is 9.80. The normalized spacial score (nSPS) is 18.3. The molecule has 1 aliphatic heterocycles. The summed E-state index contributed by atoms with van der Waals surface area (Å²) in [6.45, 7) is 2.77. The van der Waals surface area contributed by atoms with Gasteiger partial charge in [-0.05, 0) is 44.3 Å². The summed E-state index contributed by atoms with van der Waals surface area (Å²) in [5.41, 5.74) is -0.124.